The molecule has 7 aromatic rings. The van der Waals surface area contributed by atoms with E-state index in [-0.39, 0.29) is 36.8 Å². The van der Waals surface area contributed by atoms with Crippen molar-refractivity contribution in [1.29, 1.82) is 0 Å². The summed E-state index contributed by atoms with van der Waals surface area (Å²) in [7, 11) is 0. The van der Waals surface area contributed by atoms with Crippen molar-refractivity contribution in [2.24, 2.45) is 5.41 Å². The number of esters is 1. The van der Waals surface area contributed by atoms with Crippen LogP contribution in [0.2, 0.25) is 0 Å². The molecule has 3 unspecified atom stereocenters. The van der Waals surface area contributed by atoms with E-state index in [1.165, 1.54) is 0 Å². The number of rotatable bonds is 17. The summed E-state index contributed by atoms with van der Waals surface area (Å²) in [4.78, 5) is 40.6. The van der Waals surface area contributed by atoms with Gasteiger partial charge in [0.1, 0.15) is 5.54 Å². The van der Waals surface area contributed by atoms with Crippen LogP contribution >= 0.6 is 0 Å². The smallest absolute Gasteiger partial charge is 0.457 e. The van der Waals surface area contributed by atoms with E-state index >= 15 is 0 Å². The number of aryl methyl sites for hydroxylation is 1. The Morgan fingerprint density at radius 1 is 0.794 bits per heavy atom. The molecule has 12 nitrogen and oxygen atoms in total. The first kappa shape index (κ1) is 42.8. The molecule has 1 amide bonds. The Kier molecular flexibility index (Phi) is 13.2. The molecule has 1 fully saturated rings. The Labute approximate surface area is 365 Å². The molecule has 0 spiro atoms. The number of hydrogen-bond donors (Lipinski definition) is 1. The van der Waals surface area contributed by atoms with Crippen LogP contribution in [0.5, 0.6) is 0 Å². The van der Waals surface area contributed by atoms with Crippen molar-refractivity contribution in [2.45, 2.75) is 70.4 Å². The van der Waals surface area contributed by atoms with E-state index in [2.05, 4.69) is 27.8 Å². The van der Waals surface area contributed by atoms with E-state index in [1.54, 1.807) is 24.7 Å². The molecule has 3 atom stereocenters. The van der Waals surface area contributed by atoms with Crippen LogP contribution < -0.4 is 11.1 Å². The maximum absolute atomic E-state index is 14.6. The number of hydrogen-bond acceptors (Lipinski definition) is 10. The maximum atomic E-state index is 14.6. The lowest BCUT2D eigenvalue weighted by molar-refractivity contribution is -0.191. The Morgan fingerprint density at radius 2 is 1.38 bits per heavy atom. The van der Waals surface area contributed by atoms with Crippen LogP contribution in [0.3, 0.4) is 0 Å². The predicted molar refractivity (Wildman–Crippen MR) is 236 cm³/mol. The average molecular weight is 847 g/mol. The van der Waals surface area contributed by atoms with E-state index in [1.807, 2.05) is 133 Å². The summed E-state index contributed by atoms with van der Waals surface area (Å²) in [6.07, 6.45) is 4.19. The van der Waals surface area contributed by atoms with Gasteiger partial charge in [0.15, 0.2) is 30.1 Å². The molecule has 8 rings (SSSR count). The lowest BCUT2D eigenvalue weighted by atomic mass is 9.77. The normalized spacial score (nSPS) is 15.6. The zero-order chi connectivity index (χ0) is 43.7. The monoisotopic (exact) mass is 846 g/mol. The van der Waals surface area contributed by atoms with E-state index in [0.29, 0.717) is 19.4 Å². The van der Waals surface area contributed by atoms with Crippen LogP contribution in [-0.4, -0.2) is 52.4 Å². The lowest BCUT2D eigenvalue weighted by Gasteiger charge is -2.35. The third-order valence-electron chi connectivity index (χ3n) is 11.6. The number of benzene rings is 5. The molecule has 12 heteroatoms. The van der Waals surface area contributed by atoms with Gasteiger partial charge in [0, 0.05) is 12.6 Å². The summed E-state index contributed by atoms with van der Waals surface area (Å²) in [5.74, 6) is -1.64. The van der Waals surface area contributed by atoms with Crippen molar-refractivity contribution in [3.63, 3.8) is 0 Å². The number of nitrogens with zero attached hydrogens (tertiary/aromatic N) is 3. The van der Waals surface area contributed by atoms with Gasteiger partial charge in [-0.05, 0) is 79.3 Å². The standard InChI is InChI=1S/C51H50N4O8/c1-36-45(63-49(58)62-36)34-60-48(57)50(2,35-61-46-25-15-16-30-59-46)32-43(31-37-26-28-39(29-27-37)38-17-7-3-8-18-38)52-47(56)44-33-55(54-53-44)51(40-19-9-4-10-20-40,41-21-11-5-12-22-41)42-23-13-6-14-24-42/h3-14,17-24,26-29,33,43,46H,15-16,25,30-32,34-35H2,1-2H3,(H,52,56). The summed E-state index contributed by atoms with van der Waals surface area (Å²) in [5.41, 5.74) is 3.65. The maximum Gasteiger partial charge on any atom is 0.519 e. The predicted octanol–water partition coefficient (Wildman–Crippen LogP) is 8.66. The SMILES string of the molecule is Cc1oc(=O)oc1COC(=O)C(C)(COC1CCCCO1)CC(Cc1ccc(-c2ccccc2)cc1)NC(=O)c1cn(C(c2ccccc2)(c2ccccc2)c2ccccc2)nn1. The van der Waals surface area contributed by atoms with Crippen molar-refractivity contribution in [2.75, 3.05) is 13.2 Å². The Morgan fingerprint density at radius 3 is 1.94 bits per heavy atom. The molecule has 0 aliphatic carbocycles. The van der Waals surface area contributed by atoms with Crippen LogP contribution in [0.1, 0.15) is 76.9 Å². The van der Waals surface area contributed by atoms with Gasteiger partial charge in [0.05, 0.1) is 18.2 Å². The van der Waals surface area contributed by atoms with Crippen molar-refractivity contribution >= 4 is 11.9 Å². The zero-order valence-electron chi connectivity index (χ0n) is 35.4. The van der Waals surface area contributed by atoms with Gasteiger partial charge in [0.25, 0.3) is 5.91 Å². The molecule has 322 valence electrons. The van der Waals surface area contributed by atoms with Crippen LogP contribution in [-0.2, 0) is 37.6 Å². The number of ether oxygens (including phenoxy) is 3. The number of carbonyl (C=O) groups excluding carboxylic acids is 2. The fourth-order valence-electron chi connectivity index (χ4n) is 8.32. The summed E-state index contributed by atoms with van der Waals surface area (Å²) >= 11 is 0. The Bertz CT molecular complexity index is 2530. The molecule has 3 heterocycles. The second-order valence-corrected chi connectivity index (χ2v) is 16.2. The van der Waals surface area contributed by atoms with Crippen LogP contribution in [0.4, 0.5) is 0 Å². The van der Waals surface area contributed by atoms with E-state index in [9.17, 15) is 14.4 Å². The topological polar surface area (TPSA) is 148 Å². The molecule has 0 radical (unpaired) electrons. The minimum absolute atomic E-state index is 0.0614. The molecule has 1 aliphatic heterocycles. The van der Waals surface area contributed by atoms with Gasteiger partial charge in [-0.15, -0.1) is 5.10 Å². The van der Waals surface area contributed by atoms with Gasteiger partial charge in [-0.25, -0.2) is 9.48 Å². The van der Waals surface area contributed by atoms with Gasteiger partial charge in [-0.2, -0.15) is 0 Å². The van der Waals surface area contributed by atoms with Gasteiger partial charge < -0.3 is 28.4 Å². The molecule has 1 saturated heterocycles. The Balaban J connectivity index is 1.13. The highest BCUT2D eigenvalue weighted by Crippen LogP contribution is 2.40. The van der Waals surface area contributed by atoms with E-state index in [0.717, 1.165) is 46.2 Å². The molecule has 0 bridgehead atoms. The average Bonchev–Trinajstić information content (AvgIpc) is 3.95. The van der Waals surface area contributed by atoms with Crippen LogP contribution in [0, 0.1) is 12.3 Å². The minimum atomic E-state index is -1.30. The highest BCUT2D eigenvalue weighted by Gasteiger charge is 2.42. The molecule has 1 aliphatic rings. The van der Waals surface area contributed by atoms with Crippen LogP contribution in [0.25, 0.3) is 11.1 Å². The number of nitrogens with one attached hydrogen (secondary N) is 1. The first-order valence-corrected chi connectivity index (χ1v) is 21.3. The lowest BCUT2D eigenvalue weighted by Crippen LogP contribution is -2.46. The number of amides is 1. The number of aromatic nitrogens is 3. The fourth-order valence-corrected chi connectivity index (χ4v) is 8.32. The second kappa shape index (κ2) is 19.4. The van der Waals surface area contributed by atoms with Gasteiger partial charge >= 0.3 is 11.8 Å². The summed E-state index contributed by atoms with van der Waals surface area (Å²) in [5, 5.41) is 12.4. The second-order valence-electron chi connectivity index (χ2n) is 16.2. The first-order chi connectivity index (χ1) is 30.7. The van der Waals surface area contributed by atoms with Crippen molar-refractivity contribution < 1.29 is 32.6 Å². The third-order valence-corrected chi connectivity index (χ3v) is 11.6. The van der Waals surface area contributed by atoms with E-state index in [4.69, 9.17) is 23.0 Å². The molecule has 63 heavy (non-hydrogen) atoms. The molecule has 0 saturated carbocycles. The van der Waals surface area contributed by atoms with Crippen molar-refractivity contribution in [1.82, 2.24) is 20.3 Å². The third kappa shape index (κ3) is 9.77. The molecular formula is C51H50N4O8. The summed E-state index contributed by atoms with van der Waals surface area (Å²) in [6.45, 7) is 3.49. The van der Waals surface area contributed by atoms with Crippen molar-refractivity contribution in [3.8, 4) is 11.1 Å². The number of carbonyl (C=O) groups is 2. The minimum Gasteiger partial charge on any atom is -0.457 e. The van der Waals surface area contributed by atoms with E-state index < -0.39 is 41.0 Å². The molecular weight excluding hydrogens is 797 g/mol. The summed E-state index contributed by atoms with van der Waals surface area (Å²) in [6, 6.07) is 47.6. The molecule has 2 aromatic heterocycles. The zero-order valence-corrected chi connectivity index (χ0v) is 35.4. The highest BCUT2D eigenvalue weighted by atomic mass is 16.7. The Hall–Kier alpha value is -6.89. The summed E-state index contributed by atoms with van der Waals surface area (Å²) < 4.78 is 29.8. The molecule has 1 N–H and O–H groups in total. The first-order valence-electron chi connectivity index (χ1n) is 21.3. The van der Waals surface area contributed by atoms with Gasteiger partial charge in [-0.1, -0.05) is 151 Å². The highest BCUT2D eigenvalue weighted by molar-refractivity contribution is 5.92. The molecule has 5 aromatic carbocycles. The van der Waals surface area contributed by atoms with Gasteiger partial charge in [-0.3, -0.25) is 9.59 Å². The quantitative estimate of drug-likeness (QED) is 0.0698. The van der Waals surface area contributed by atoms with Crippen molar-refractivity contribution in [3.05, 3.63) is 202 Å². The van der Waals surface area contributed by atoms with Crippen LogP contribution in [0.15, 0.2) is 165 Å². The van der Waals surface area contributed by atoms with Gasteiger partial charge in [0.2, 0.25) is 0 Å². The largest absolute Gasteiger partial charge is 0.519 e. The fraction of sp³-hybridized carbons (Fsp3) is 0.275.